The van der Waals surface area contributed by atoms with E-state index in [9.17, 15) is 8.42 Å². The van der Waals surface area contributed by atoms with Gasteiger partial charge < -0.3 is 5.11 Å². The molecule has 0 saturated heterocycles. The smallest absolute Gasteiger partial charge is 0.245 e. The first-order valence-corrected chi connectivity index (χ1v) is 6.91. The van der Waals surface area contributed by atoms with Crippen LogP contribution >= 0.6 is 11.6 Å². The molecule has 1 aromatic rings. The fraction of sp³-hybridized carbons (Fsp3) is 0.500. The topological polar surface area (TPSA) is 70.5 Å². The predicted molar refractivity (Wildman–Crippen MR) is 65.4 cm³/mol. The van der Waals surface area contributed by atoms with Gasteiger partial charge in [0.1, 0.15) is 4.90 Å². The molecule has 17 heavy (non-hydrogen) atoms. The van der Waals surface area contributed by atoms with Gasteiger partial charge in [0.25, 0.3) is 0 Å². The van der Waals surface area contributed by atoms with E-state index in [0.29, 0.717) is 6.42 Å². The second-order valence-electron chi connectivity index (χ2n) is 3.77. The van der Waals surface area contributed by atoms with E-state index >= 15 is 0 Å². The molecule has 1 N–H and O–H groups in total. The van der Waals surface area contributed by atoms with E-state index < -0.39 is 16.1 Å². The van der Waals surface area contributed by atoms with E-state index in [4.69, 9.17) is 16.7 Å². The van der Waals surface area contributed by atoms with Gasteiger partial charge >= 0.3 is 0 Å². The summed E-state index contributed by atoms with van der Waals surface area (Å²) in [4.78, 5) is 3.73. The van der Waals surface area contributed by atoms with Crippen molar-refractivity contribution in [3.8, 4) is 0 Å². The van der Waals surface area contributed by atoms with Gasteiger partial charge in [-0.2, -0.15) is 0 Å². The highest BCUT2D eigenvalue weighted by Gasteiger charge is 2.23. The average Bonchev–Trinajstić information content (AvgIpc) is 2.26. The van der Waals surface area contributed by atoms with E-state index in [1.807, 2.05) is 0 Å². The molecule has 1 unspecified atom stereocenters. The molecule has 5 nitrogen and oxygen atoms in total. The van der Waals surface area contributed by atoms with Crippen LogP contribution in [-0.4, -0.2) is 42.5 Å². The number of halogens is 1. The first-order chi connectivity index (χ1) is 7.85. The summed E-state index contributed by atoms with van der Waals surface area (Å²) in [5, 5.41) is 9.27. The number of aromatic nitrogens is 1. The van der Waals surface area contributed by atoms with Crippen molar-refractivity contribution >= 4 is 21.6 Å². The lowest BCUT2D eigenvalue weighted by atomic mass is 10.3. The highest BCUT2D eigenvalue weighted by molar-refractivity contribution is 7.89. The maximum absolute atomic E-state index is 12.1. The van der Waals surface area contributed by atoms with Crippen molar-refractivity contribution < 1.29 is 13.5 Å². The van der Waals surface area contributed by atoms with Crippen molar-refractivity contribution in [3.63, 3.8) is 0 Å². The molecule has 0 aromatic carbocycles. The molecule has 0 spiro atoms. The minimum Gasteiger partial charge on any atom is -0.393 e. The van der Waals surface area contributed by atoms with Gasteiger partial charge in [0.05, 0.1) is 11.1 Å². The van der Waals surface area contributed by atoms with Crippen molar-refractivity contribution in [3.05, 3.63) is 23.5 Å². The Labute approximate surface area is 106 Å². The maximum Gasteiger partial charge on any atom is 0.245 e. The summed E-state index contributed by atoms with van der Waals surface area (Å²) < 4.78 is 25.3. The Kier molecular flexibility index (Phi) is 4.88. The lowest BCUT2D eigenvalue weighted by Crippen LogP contribution is -2.29. The first kappa shape index (κ1) is 14.4. The van der Waals surface area contributed by atoms with Crippen LogP contribution in [0.1, 0.15) is 13.3 Å². The van der Waals surface area contributed by atoms with Crippen molar-refractivity contribution in [2.75, 3.05) is 13.6 Å². The molecule has 7 heteroatoms. The lowest BCUT2D eigenvalue weighted by Gasteiger charge is -2.18. The summed E-state index contributed by atoms with van der Waals surface area (Å²) in [5.74, 6) is 0. The number of hydrogen-bond donors (Lipinski definition) is 1. The Morgan fingerprint density at radius 1 is 1.59 bits per heavy atom. The van der Waals surface area contributed by atoms with Crippen LogP contribution in [0.15, 0.2) is 23.4 Å². The molecule has 1 heterocycles. The van der Waals surface area contributed by atoms with E-state index in [-0.39, 0.29) is 16.5 Å². The van der Waals surface area contributed by atoms with Gasteiger partial charge in [-0.25, -0.2) is 12.7 Å². The molecule has 0 aliphatic heterocycles. The molecule has 1 rings (SSSR count). The lowest BCUT2D eigenvalue weighted by molar-refractivity contribution is 0.177. The maximum atomic E-state index is 12.1. The summed E-state index contributed by atoms with van der Waals surface area (Å²) in [5.41, 5.74) is 0. The normalized spacial score (nSPS) is 13.9. The predicted octanol–water partition coefficient (Wildman–Crippen LogP) is 1.13. The molecule has 0 aliphatic rings. The molecule has 0 saturated carbocycles. The van der Waals surface area contributed by atoms with E-state index in [1.54, 1.807) is 6.92 Å². The molecule has 0 fully saturated rings. The van der Waals surface area contributed by atoms with E-state index in [1.165, 1.54) is 25.5 Å². The van der Waals surface area contributed by atoms with Gasteiger partial charge in [-0.05, 0) is 19.4 Å². The molecule has 0 aliphatic carbocycles. The van der Waals surface area contributed by atoms with E-state index in [2.05, 4.69) is 4.98 Å². The highest BCUT2D eigenvalue weighted by Crippen LogP contribution is 2.22. The molecule has 0 bridgehead atoms. The van der Waals surface area contributed by atoms with Gasteiger partial charge in [0.15, 0.2) is 0 Å². The van der Waals surface area contributed by atoms with Crippen LogP contribution < -0.4 is 0 Å². The largest absolute Gasteiger partial charge is 0.393 e. The monoisotopic (exact) mass is 278 g/mol. The Balaban J connectivity index is 2.92. The summed E-state index contributed by atoms with van der Waals surface area (Å²) in [6, 6.07) is 1.43. The summed E-state index contributed by atoms with van der Waals surface area (Å²) in [7, 11) is -2.19. The van der Waals surface area contributed by atoms with Crippen LogP contribution in [0.4, 0.5) is 0 Å². The van der Waals surface area contributed by atoms with Crippen LogP contribution in [0.3, 0.4) is 0 Å². The third-order valence-electron chi connectivity index (χ3n) is 2.28. The van der Waals surface area contributed by atoms with Crippen LogP contribution in [0, 0.1) is 0 Å². The Bertz CT molecular complexity index is 476. The number of nitrogens with zero attached hydrogens (tertiary/aromatic N) is 2. The molecular weight excluding hydrogens is 264 g/mol. The average molecular weight is 279 g/mol. The number of hydrogen-bond acceptors (Lipinski definition) is 4. The number of rotatable bonds is 5. The van der Waals surface area contributed by atoms with Crippen molar-refractivity contribution in [1.82, 2.24) is 9.29 Å². The fourth-order valence-corrected chi connectivity index (χ4v) is 2.80. The molecular formula is C10H15ClN2O3S. The number of aliphatic hydroxyl groups excluding tert-OH is 1. The minimum absolute atomic E-state index is 0.0187. The van der Waals surface area contributed by atoms with Crippen molar-refractivity contribution in [2.24, 2.45) is 0 Å². The minimum atomic E-state index is -3.64. The van der Waals surface area contributed by atoms with Gasteiger partial charge in [-0.1, -0.05) is 11.6 Å². The van der Waals surface area contributed by atoms with Crippen molar-refractivity contribution in [2.45, 2.75) is 24.3 Å². The molecule has 96 valence electrons. The third-order valence-corrected chi connectivity index (χ3v) is 4.61. The Morgan fingerprint density at radius 3 is 2.76 bits per heavy atom. The third kappa shape index (κ3) is 3.64. The number of sulfonamides is 1. The van der Waals surface area contributed by atoms with Crippen LogP contribution in [-0.2, 0) is 10.0 Å². The fourth-order valence-electron chi connectivity index (χ4n) is 1.21. The number of aliphatic hydroxyl groups is 1. The highest BCUT2D eigenvalue weighted by atomic mass is 35.5. The zero-order chi connectivity index (χ0) is 13.1. The SMILES string of the molecule is CC(O)CCN(C)S(=O)(=O)c1cnccc1Cl. The Morgan fingerprint density at radius 2 is 2.24 bits per heavy atom. The van der Waals surface area contributed by atoms with Gasteiger partial charge in [-0.15, -0.1) is 0 Å². The van der Waals surface area contributed by atoms with Crippen LogP contribution in [0.5, 0.6) is 0 Å². The van der Waals surface area contributed by atoms with Gasteiger partial charge in [-0.3, -0.25) is 4.98 Å². The molecule has 0 amide bonds. The second kappa shape index (κ2) is 5.77. The van der Waals surface area contributed by atoms with Crippen molar-refractivity contribution in [1.29, 1.82) is 0 Å². The zero-order valence-electron chi connectivity index (χ0n) is 9.67. The quantitative estimate of drug-likeness (QED) is 0.876. The first-order valence-electron chi connectivity index (χ1n) is 5.09. The van der Waals surface area contributed by atoms with E-state index in [0.717, 1.165) is 4.31 Å². The molecule has 1 atom stereocenters. The zero-order valence-corrected chi connectivity index (χ0v) is 11.2. The van der Waals surface area contributed by atoms with Gasteiger partial charge in [0, 0.05) is 26.0 Å². The summed E-state index contributed by atoms with van der Waals surface area (Å²) in [6.45, 7) is 1.84. The standard InChI is InChI=1S/C10H15ClN2O3S/c1-8(14)4-6-13(2)17(15,16)10-7-12-5-3-9(10)11/h3,5,7-8,14H,4,6H2,1-2H3. The molecule has 0 radical (unpaired) electrons. The summed E-state index contributed by atoms with van der Waals surface area (Å²) in [6.07, 6.45) is 2.47. The number of pyridine rings is 1. The van der Waals surface area contributed by atoms with Gasteiger partial charge in [0.2, 0.25) is 10.0 Å². The van der Waals surface area contributed by atoms with Crippen LogP contribution in [0.2, 0.25) is 5.02 Å². The van der Waals surface area contributed by atoms with Crippen LogP contribution in [0.25, 0.3) is 0 Å². The second-order valence-corrected chi connectivity index (χ2v) is 6.19. The summed E-state index contributed by atoms with van der Waals surface area (Å²) >= 11 is 5.82. The molecule has 1 aromatic heterocycles. The Hall–Kier alpha value is -0.690.